The molecule has 0 atom stereocenters. The molecule has 1 aromatic heterocycles. The van der Waals surface area contributed by atoms with Gasteiger partial charge in [0.25, 0.3) is 0 Å². The van der Waals surface area contributed by atoms with Crippen LogP contribution in [-0.4, -0.2) is 35.1 Å². The van der Waals surface area contributed by atoms with Crippen LogP contribution < -0.4 is 11.5 Å². The third-order valence-electron chi connectivity index (χ3n) is 3.27. The first kappa shape index (κ1) is 13.8. The Bertz CT molecular complexity index is 430. The van der Waals surface area contributed by atoms with Crippen molar-refractivity contribution >= 4 is 6.09 Å². The zero-order valence-corrected chi connectivity index (χ0v) is 10.9. The lowest BCUT2D eigenvalue weighted by Gasteiger charge is -2.30. The molecule has 0 aromatic carbocycles. The first-order valence-electron chi connectivity index (χ1n) is 6.46. The summed E-state index contributed by atoms with van der Waals surface area (Å²) in [5, 5.41) is 0. The molecule has 0 unspecified atom stereocenters. The zero-order valence-electron chi connectivity index (χ0n) is 10.9. The van der Waals surface area contributed by atoms with Crippen molar-refractivity contribution in [2.24, 2.45) is 11.5 Å². The van der Waals surface area contributed by atoms with Crippen LogP contribution in [-0.2, 0) is 17.9 Å². The fraction of sp³-hybridized carbons (Fsp3) is 0.538. The molecule has 0 aliphatic carbocycles. The van der Waals surface area contributed by atoms with Gasteiger partial charge >= 0.3 is 6.09 Å². The lowest BCUT2D eigenvalue weighted by Crippen LogP contribution is -2.39. The summed E-state index contributed by atoms with van der Waals surface area (Å²) < 4.78 is 4.76. The molecular weight excluding hydrogens is 244 g/mol. The van der Waals surface area contributed by atoms with Gasteiger partial charge in [0.2, 0.25) is 0 Å². The summed E-state index contributed by atoms with van der Waals surface area (Å²) in [5.74, 6) is 0. The van der Waals surface area contributed by atoms with Gasteiger partial charge in [0, 0.05) is 30.5 Å². The average Bonchev–Trinajstić information content (AvgIpc) is 2.40. The maximum absolute atomic E-state index is 10.6. The van der Waals surface area contributed by atoms with Crippen molar-refractivity contribution in [2.75, 3.05) is 13.1 Å². The van der Waals surface area contributed by atoms with Crippen molar-refractivity contribution in [3.63, 3.8) is 0 Å². The number of carbonyl (C=O) groups excluding carboxylic acids is 1. The van der Waals surface area contributed by atoms with Crippen molar-refractivity contribution in [3.8, 4) is 0 Å². The Kier molecular flexibility index (Phi) is 4.70. The molecule has 6 heteroatoms. The van der Waals surface area contributed by atoms with E-state index in [1.54, 1.807) is 6.20 Å². The molecule has 1 aliphatic heterocycles. The van der Waals surface area contributed by atoms with Crippen molar-refractivity contribution in [3.05, 3.63) is 29.6 Å². The highest BCUT2D eigenvalue weighted by Gasteiger charge is 2.16. The van der Waals surface area contributed by atoms with E-state index in [9.17, 15) is 4.79 Å². The Hall–Kier alpha value is -1.66. The van der Waals surface area contributed by atoms with Gasteiger partial charge in [0.05, 0.1) is 0 Å². The number of pyridine rings is 1. The van der Waals surface area contributed by atoms with Crippen molar-refractivity contribution in [1.29, 1.82) is 0 Å². The van der Waals surface area contributed by atoms with Gasteiger partial charge in [-0.2, -0.15) is 0 Å². The van der Waals surface area contributed by atoms with Crippen LogP contribution in [0.2, 0.25) is 0 Å². The second-order valence-corrected chi connectivity index (χ2v) is 4.92. The third kappa shape index (κ3) is 4.50. The van der Waals surface area contributed by atoms with Crippen LogP contribution in [0.25, 0.3) is 0 Å². The van der Waals surface area contributed by atoms with E-state index in [4.69, 9.17) is 16.2 Å². The minimum Gasteiger partial charge on any atom is -0.445 e. The van der Waals surface area contributed by atoms with Crippen LogP contribution in [0, 0.1) is 0 Å². The quantitative estimate of drug-likeness (QED) is 0.830. The molecule has 104 valence electrons. The number of likely N-dealkylation sites (tertiary alicyclic amines) is 1. The molecule has 1 aromatic rings. The number of hydrogen-bond donors (Lipinski definition) is 2. The van der Waals surface area contributed by atoms with E-state index >= 15 is 0 Å². The number of piperidine rings is 1. The zero-order chi connectivity index (χ0) is 13.7. The average molecular weight is 264 g/mol. The van der Waals surface area contributed by atoms with Crippen LogP contribution in [0.5, 0.6) is 0 Å². The summed E-state index contributed by atoms with van der Waals surface area (Å²) in [5.41, 5.74) is 12.8. The fourth-order valence-corrected chi connectivity index (χ4v) is 2.23. The number of hydrogen-bond acceptors (Lipinski definition) is 5. The second-order valence-electron chi connectivity index (χ2n) is 4.92. The predicted molar refractivity (Wildman–Crippen MR) is 71.1 cm³/mol. The minimum absolute atomic E-state index is 0.168. The van der Waals surface area contributed by atoms with E-state index < -0.39 is 6.09 Å². The predicted octanol–water partition coefficient (Wildman–Crippen LogP) is 0.600. The summed E-state index contributed by atoms with van der Waals surface area (Å²) in [4.78, 5) is 17.1. The van der Waals surface area contributed by atoms with Crippen LogP contribution >= 0.6 is 0 Å². The number of rotatable bonds is 4. The number of primary amides is 1. The van der Waals surface area contributed by atoms with Gasteiger partial charge in [-0.15, -0.1) is 0 Å². The number of aromatic nitrogens is 1. The molecule has 0 bridgehead atoms. The SMILES string of the molecule is NC(=O)OCc1cncc(CN2CCC(N)CC2)c1. The Morgan fingerprint density at radius 1 is 1.37 bits per heavy atom. The number of nitrogens with zero attached hydrogens (tertiary/aromatic N) is 2. The lowest BCUT2D eigenvalue weighted by atomic mass is 10.1. The molecule has 19 heavy (non-hydrogen) atoms. The molecule has 4 N–H and O–H groups in total. The topological polar surface area (TPSA) is 94.5 Å². The normalized spacial score (nSPS) is 17.3. The van der Waals surface area contributed by atoms with Crippen LogP contribution in [0.15, 0.2) is 18.5 Å². The van der Waals surface area contributed by atoms with Gasteiger partial charge in [0.1, 0.15) is 6.61 Å². The van der Waals surface area contributed by atoms with Gasteiger partial charge in [-0.3, -0.25) is 9.88 Å². The van der Waals surface area contributed by atoms with E-state index in [-0.39, 0.29) is 6.61 Å². The number of amides is 1. The molecule has 2 rings (SSSR count). The molecule has 2 heterocycles. The number of carbonyl (C=O) groups is 1. The van der Waals surface area contributed by atoms with Crippen molar-refractivity contribution in [1.82, 2.24) is 9.88 Å². The standard InChI is InChI=1S/C13H20N4O2/c14-12-1-3-17(4-2-12)8-10-5-11(7-16-6-10)9-19-13(15)18/h5-7,12H,1-4,8-9,14H2,(H2,15,18). The van der Waals surface area contributed by atoms with E-state index in [1.165, 1.54) is 0 Å². The Labute approximate surface area is 112 Å². The molecule has 1 aliphatic rings. The van der Waals surface area contributed by atoms with Gasteiger partial charge in [-0.25, -0.2) is 4.79 Å². The van der Waals surface area contributed by atoms with Gasteiger partial charge < -0.3 is 16.2 Å². The van der Waals surface area contributed by atoms with E-state index in [1.807, 2.05) is 12.3 Å². The van der Waals surface area contributed by atoms with Crippen molar-refractivity contribution in [2.45, 2.75) is 32.0 Å². The second kappa shape index (κ2) is 6.49. The summed E-state index contributed by atoms with van der Waals surface area (Å²) >= 11 is 0. The fourth-order valence-electron chi connectivity index (χ4n) is 2.23. The molecule has 0 radical (unpaired) electrons. The molecule has 0 spiro atoms. The first-order valence-corrected chi connectivity index (χ1v) is 6.46. The monoisotopic (exact) mass is 264 g/mol. The van der Waals surface area contributed by atoms with Crippen molar-refractivity contribution < 1.29 is 9.53 Å². The summed E-state index contributed by atoms with van der Waals surface area (Å²) in [6.07, 6.45) is 4.83. The molecule has 1 saturated heterocycles. The summed E-state index contributed by atoms with van der Waals surface area (Å²) in [6.45, 7) is 3.05. The lowest BCUT2D eigenvalue weighted by molar-refractivity contribution is 0.150. The van der Waals surface area contributed by atoms with Gasteiger partial charge in [-0.05, 0) is 37.6 Å². The first-order chi connectivity index (χ1) is 9.13. The van der Waals surface area contributed by atoms with Crippen LogP contribution in [0.4, 0.5) is 4.79 Å². The maximum Gasteiger partial charge on any atom is 0.404 e. The van der Waals surface area contributed by atoms with Gasteiger partial charge in [-0.1, -0.05) is 0 Å². The highest BCUT2D eigenvalue weighted by atomic mass is 16.5. The molecule has 6 nitrogen and oxygen atoms in total. The smallest absolute Gasteiger partial charge is 0.404 e. The highest BCUT2D eigenvalue weighted by Crippen LogP contribution is 2.13. The summed E-state index contributed by atoms with van der Waals surface area (Å²) in [7, 11) is 0. The summed E-state index contributed by atoms with van der Waals surface area (Å²) in [6, 6.07) is 2.33. The largest absolute Gasteiger partial charge is 0.445 e. The highest BCUT2D eigenvalue weighted by molar-refractivity contribution is 5.64. The Morgan fingerprint density at radius 2 is 2.05 bits per heavy atom. The minimum atomic E-state index is -0.768. The number of nitrogens with two attached hydrogens (primary N) is 2. The Balaban J connectivity index is 1.89. The maximum atomic E-state index is 10.6. The molecular formula is C13H20N4O2. The van der Waals surface area contributed by atoms with Gasteiger partial charge in [0.15, 0.2) is 0 Å². The third-order valence-corrected chi connectivity index (χ3v) is 3.27. The number of ether oxygens (including phenoxy) is 1. The van der Waals surface area contributed by atoms with Crippen LogP contribution in [0.1, 0.15) is 24.0 Å². The molecule has 0 saturated carbocycles. The van der Waals surface area contributed by atoms with E-state index in [0.29, 0.717) is 6.04 Å². The van der Waals surface area contributed by atoms with E-state index in [2.05, 4.69) is 9.88 Å². The molecule has 1 amide bonds. The van der Waals surface area contributed by atoms with E-state index in [0.717, 1.165) is 43.6 Å². The van der Waals surface area contributed by atoms with Crippen LogP contribution in [0.3, 0.4) is 0 Å². The Morgan fingerprint density at radius 3 is 2.74 bits per heavy atom. The molecule has 1 fully saturated rings.